The molecule has 0 atom stereocenters. The van der Waals surface area contributed by atoms with E-state index >= 15 is 0 Å². The van der Waals surface area contributed by atoms with Crippen LogP contribution in [0.3, 0.4) is 0 Å². The lowest BCUT2D eigenvalue weighted by molar-refractivity contribution is 0.112. The maximum Gasteiger partial charge on any atom is 0.150 e. The van der Waals surface area contributed by atoms with Gasteiger partial charge in [0, 0.05) is 16.5 Å². The summed E-state index contributed by atoms with van der Waals surface area (Å²) in [6, 6.07) is 17.6. The van der Waals surface area contributed by atoms with Gasteiger partial charge in [-0.05, 0) is 35.7 Å². The molecular weight excluding hydrogens is 248 g/mol. The van der Waals surface area contributed by atoms with Gasteiger partial charge in [0.25, 0.3) is 0 Å². The van der Waals surface area contributed by atoms with Gasteiger partial charge in [-0.25, -0.2) is 0 Å². The zero-order chi connectivity index (χ0) is 13.9. The number of H-pyrrole nitrogens is 1. The molecule has 0 saturated heterocycles. The fourth-order valence-electron chi connectivity index (χ4n) is 2.38. The lowest BCUT2D eigenvalue weighted by atomic mass is 9.99. The third-order valence-electron chi connectivity index (χ3n) is 3.38. The van der Waals surface area contributed by atoms with Gasteiger partial charge in [-0.1, -0.05) is 30.3 Å². The van der Waals surface area contributed by atoms with Crippen molar-refractivity contribution in [2.75, 3.05) is 0 Å². The highest BCUT2D eigenvalue weighted by Crippen LogP contribution is 2.20. The van der Waals surface area contributed by atoms with Gasteiger partial charge in [-0.2, -0.15) is 5.26 Å². The van der Waals surface area contributed by atoms with Gasteiger partial charge in [0.2, 0.25) is 0 Å². The third kappa shape index (κ3) is 2.19. The minimum atomic E-state index is 0.561. The molecule has 3 nitrogen and oxygen atoms in total. The lowest BCUT2D eigenvalue weighted by Crippen LogP contribution is -1.93. The first-order valence-corrected chi connectivity index (χ1v) is 6.35. The first-order valence-electron chi connectivity index (χ1n) is 6.35. The van der Waals surface area contributed by atoms with Crippen LogP contribution in [0.2, 0.25) is 0 Å². The summed E-state index contributed by atoms with van der Waals surface area (Å²) in [4.78, 5) is 14.1. The molecule has 1 N–H and O–H groups in total. The number of nitriles is 1. The molecule has 0 spiro atoms. The molecule has 20 heavy (non-hydrogen) atoms. The molecule has 3 aromatic rings. The summed E-state index contributed by atoms with van der Waals surface area (Å²) in [5.41, 5.74) is 4.37. The standard InChI is InChI=1S/C17H12N2O/c18-10-16-9-15-8-12(5-6-17(15)19-16)7-13-3-1-2-4-14(13)11-20/h1-6,8-9,11,19H,7H2. The van der Waals surface area contributed by atoms with Gasteiger partial charge >= 0.3 is 0 Å². The first kappa shape index (κ1) is 12.2. The molecule has 0 saturated carbocycles. The zero-order valence-corrected chi connectivity index (χ0v) is 10.8. The average Bonchev–Trinajstić information content (AvgIpc) is 2.90. The van der Waals surface area contributed by atoms with Gasteiger partial charge < -0.3 is 4.98 Å². The molecule has 1 aromatic heterocycles. The average molecular weight is 260 g/mol. The molecule has 0 unspecified atom stereocenters. The summed E-state index contributed by atoms with van der Waals surface area (Å²) in [7, 11) is 0. The highest BCUT2D eigenvalue weighted by atomic mass is 16.1. The lowest BCUT2D eigenvalue weighted by Gasteiger charge is -2.05. The van der Waals surface area contributed by atoms with E-state index in [9.17, 15) is 4.79 Å². The zero-order valence-electron chi connectivity index (χ0n) is 10.8. The van der Waals surface area contributed by atoms with Gasteiger partial charge in [0.15, 0.2) is 0 Å². The van der Waals surface area contributed by atoms with Crippen LogP contribution in [0.15, 0.2) is 48.5 Å². The van der Waals surface area contributed by atoms with Crippen LogP contribution in [0.4, 0.5) is 0 Å². The maximum absolute atomic E-state index is 11.0. The first-order chi connectivity index (χ1) is 9.80. The molecule has 0 bridgehead atoms. The van der Waals surface area contributed by atoms with Crippen molar-refractivity contribution in [1.82, 2.24) is 4.98 Å². The van der Waals surface area contributed by atoms with Crippen LogP contribution in [0.5, 0.6) is 0 Å². The summed E-state index contributed by atoms with van der Waals surface area (Å²) < 4.78 is 0. The molecule has 0 aliphatic rings. The van der Waals surface area contributed by atoms with E-state index in [0.29, 0.717) is 12.1 Å². The Hall–Kier alpha value is -2.86. The van der Waals surface area contributed by atoms with Gasteiger partial charge in [-0.15, -0.1) is 0 Å². The highest BCUT2D eigenvalue weighted by Gasteiger charge is 2.05. The summed E-state index contributed by atoms with van der Waals surface area (Å²) in [6.45, 7) is 0. The van der Waals surface area contributed by atoms with Gasteiger partial charge in [-0.3, -0.25) is 4.79 Å². The van der Waals surface area contributed by atoms with Gasteiger partial charge in [0.1, 0.15) is 18.0 Å². The van der Waals surface area contributed by atoms with E-state index in [2.05, 4.69) is 11.1 Å². The number of carbonyl (C=O) groups excluding carboxylic acids is 1. The fourth-order valence-corrected chi connectivity index (χ4v) is 2.38. The predicted molar refractivity (Wildman–Crippen MR) is 77.6 cm³/mol. The number of nitrogens with zero attached hydrogens (tertiary/aromatic N) is 1. The second-order valence-corrected chi connectivity index (χ2v) is 4.71. The quantitative estimate of drug-likeness (QED) is 0.733. The largest absolute Gasteiger partial charge is 0.346 e. The van der Waals surface area contributed by atoms with Crippen LogP contribution >= 0.6 is 0 Å². The number of aromatic nitrogens is 1. The topological polar surface area (TPSA) is 56.6 Å². The highest BCUT2D eigenvalue weighted by molar-refractivity contribution is 5.82. The van der Waals surface area contributed by atoms with Crippen molar-refractivity contribution in [2.24, 2.45) is 0 Å². The second-order valence-electron chi connectivity index (χ2n) is 4.71. The van der Waals surface area contributed by atoms with E-state index < -0.39 is 0 Å². The molecule has 96 valence electrons. The molecule has 0 amide bonds. The van der Waals surface area contributed by atoms with Crippen LogP contribution in [-0.2, 0) is 6.42 Å². The van der Waals surface area contributed by atoms with E-state index in [1.807, 2.05) is 48.5 Å². The van der Waals surface area contributed by atoms with Crippen molar-refractivity contribution >= 4 is 17.2 Å². The van der Waals surface area contributed by atoms with E-state index in [4.69, 9.17) is 5.26 Å². The molecule has 2 aromatic carbocycles. The SMILES string of the molecule is N#Cc1cc2cc(Cc3ccccc3C=O)ccc2[nH]1. The molecule has 1 heterocycles. The van der Waals surface area contributed by atoms with Crippen molar-refractivity contribution in [2.45, 2.75) is 6.42 Å². The number of nitrogens with one attached hydrogen (secondary N) is 1. The minimum Gasteiger partial charge on any atom is -0.346 e. The van der Waals surface area contributed by atoms with Crippen LogP contribution in [0.25, 0.3) is 10.9 Å². The number of hydrogen-bond acceptors (Lipinski definition) is 2. The minimum absolute atomic E-state index is 0.561. The normalized spacial score (nSPS) is 10.3. The Kier molecular flexibility index (Phi) is 3.06. The summed E-state index contributed by atoms with van der Waals surface area (Å²) in [6.07, 6.45) is 1.59. The van der Waals surface area contributed by atoms with Gasteiger partial charge in [0.05, 0.1) is 0 Å². The molecule has 3 rings (SSSR count). The Morgan fingerprint density at radius 1 is 1.15 bits per heavy atom. The van der Waals surface area contributed by atoms with Crippen LogP contribution < -0.4 is 0 Å². The van der Waals surface area contributed by atoms with E-state index in [1.54, 1.807) is 0 Å². The number of aldehydes is 1. The molecule has 0 fully saturated rings. The molecule has 3 heteroatoms. The van der Waals surface area contributed by atoms with Crippen molar-refractivity contribution in [3.63, 3.8) is 0 Å². The Morgan fingerprint density at radius 3 is 2.80 bits per heavy atom. The van der Waals surface area contributed by atoms with Crippen molar-refractivity contribution in [3.8, 4) is 6.07 Å². The fraction of sp³-hybridized carbons (Fsp3) is 0.0588. The third-order valence-corrected chi connectivity index (χ3v) is 3.38. The Morgan fingerprint density at radius 2 is 2.00 bits per heavy atom. The Bertz CT molecular complexity index is 824. The monoisotopic (exact) mass is 260 g/mol. The van der Waals surface area contributed by atoms with Crippen LogP contribution in [-0.4, -0.2) is 11.3 Å². The smallest absolute Gasteiger partial charge is 0.150 e. The number of hydrogen-bond donors (Lipinski definition) is 1. The maximum atomic E-state index is 11.0. The number of fused-ring (bicyclic) bond motifs is 1. The molecule has 0 aliphatic carbocycles. The van der Waals surface area contributed by atoms with Crippen LogP contribution in [0, 0.1) is 11.3 Å². The van der Waals surface area contributed by atoms with Crippen LogP contribution in [0.1, 0.15) is 27.2 Å². The number of rotatable bonds is 3. The summed E-state index contributed by atoms with van der Waals surface area (Å²) in [5.74, 6) is 0. The summed E-state index contributed by atoms with van der Waals surface area (Å²) in [5, 5.41) is 9.91. The Balaban J connectivity index is 1.98. The molecule has 0 aliphatic heterocycles. The van der Waals surface area contributed by atoms with Crippen molar-refractivity contribution in [3.05, 3.63) is 70.9 Å². The number of carbonyl (C=O) groups is 1. The van der Waals surface area contributed by atoms with Crippen molar-refractivity contribution < 1.29 is 4.79 Å². The Labute approximate surface area is 116 Å². The molecule has 0 radical (unpaired) electrons. The van der Waals surface area contributed by atoms with Crippen molar-refractivity contribution in [1.29, 1.82) is 5.26 Å². The second kappa shape index (κ2) is 5.02. The van der Waals surface area contributed by atoms with E-state index in [0.717, 1.165) is 33.9 Å². The summed E-state index contributed by atoms with van der Waals surface area (Å²) >= 11 is 0. The predicted octanol–water partition coefficient (Wildman–Crippen LogP) is 3.44. The molecular formula is C17H12N2O. The van der Waals surface area contributed by atoms with E-state index in [-0.39, 0.29) is 0 Å². The number of aromatic amines is 1. The van der Waals surface area contributed by atoms with E-state index in [1.165, 1.54) is 0 Å². The number of benzene rings is 2.